The number of nitrogens with zero attached hydrogens (tertiary/aromatic N) is 9. The van der Waals surface area contributed by atoms with Gasteiger partial charge in [-0.3, -0.25) is 15.0 Å². The zero-order valence-electron chi connectivity index (χ0n) is 75.8. The number of ketones is 1. The van der Waals surface area contributed by atoms with Gasteiger partial charge in [0.1, 0.15) is 10.8 Å². The Morgan fingerprint density at radius 2 is 0.802 bits per heavy atom. The number of rotatable bonds is 8. The maximum atomic E-state index is 11.1. The fraction of sp³-hybridized carbons (Fsp3) is 0.534. The molecule has 0 unspecified atom stereocenters. The molecule has 0 spiro atoms. The van der Waals surface area contributed by atoms with Gasteiger partial charge in [-0.1, -0.05) is 102 Å². The molecule has 16 nitrogen and oxygen atoms in total. The summed E-state index contributed by atoms with van der Waals surface area (Å²) in [5.74, 6) is 0.558. The number of thiophene rings is 2. The van der Waals surface area contributed by atoms with Gasteiger partial charge in [-0.15, -0.1) is 83.2 Å². The predicted molar refractivity (Wildman–Crippen MR) is 565 cm³/mol. The van der Waals surface area contributed by atoms with Gasteiger partial charge in [0.15, 0.2) is 0 Å². The summed E-state index contributed by atoms with van der Waals surface area (Å²) in [6, 6.07) is 56.9. The van der Waals surface area contributed by atoms with E-state index in [1.165, 1.54) is 304 Å². The van der Waals surface area contributed by atoms with E-state index < -0.39 is 0 Å². The second-order valence-corrected chi connectivity index (χ2v) is 39.2. The minimum Gasteiger partial charge on any atom is -0.399 e. The molecule has 0 radical (unpaired) electrons. The smallest absolute Gasteiger partial charge is 0.224 e. The molecule has 13 heterocycles. The SMILES string of the molecule is C.CN1CCC(=O)CC1.CN1CCC(N2CCCCc3cc(Br)ccc32)CC1.CN1CCC(N2CCCCc3cc(CC(=N)c4cccs4)ccc32)CC1.CN1CCC(N2CCCCc3cc(N)ccc32)CC1.CN1CCC(N2CCCCc3ccccc32)CC1.CSC(=N)c1cccs1.Cl.Cl.I.O=C1CCCc2ccccc2N1.c1ccc2c(c1)CCCCN2. The summed E-state index contributed by atoms with van der Waals surface area (Å²) in [4.78, 5) is 46.6. The third-order valence-electron chi connectivity index (χ3n) is 26.5. The second-order valence-electron chi connectivity index (χ2n) is 35.6. The molecule has 690 valence electrons. The maximum absolute atomic E-state index is 11.1. The molecule has 0 bridgehead atoms. The fourth-order valence-corrected chi connectivity index (χ4v) is 21.5. The molecular formula is C103H150BrCl2IN14O2S3. The van der Waals surface area contributed by atoms with Crippen LogP contribution in [0.2, 0.25) is 0 Å². The standard InChI is InChI=1S/C22H29N3S.C16H23BrN2.C16H25N3.C16H24N2.C10H11NO.C10H13N.C6H11NO.C6H7NS2.CH4.2ClH.HI/c1-24-12-9-19(10-13-24)25-11-3-2-5-18-15-17(7-8-21(18)25)16-20(23)22-6-4-14-26-22;2*1-18-10-7-15(8-11-18)19-9-3-2-4-13-12-14(17)5-6-16(13)19;1-17-12-9-15(10-13-17)18-11-5-4-7-14-6-2-3-8-16(14)18;12-10-7-3-5-8-4-1-2-6-9(8)11-10;1-2-7-10-9(5-1)6-3-4-8-11-10;1-7-4-2-6(8)3-5-7;1-8-6(7)5-3-2-4-9-5;;;;/h4,6-8,14-15,19,23H,2-3,5,9-13,16H2,1H3;5-6,12,15H,2-4,7-11H2,1H3;5-6,12,15H,2-4,7-11,17H2,1H3;2-3,6,8,15H,4-5,7,9-13H2,1H3;1-2,4,6H,3,5,7H2,(H,11,12);1-2,5,7,11H,3-4,6,8H2;2-5H2,1H3;2-4,7H,1H3;1H4;3*1H. The summed E-state index contributed by atoms with van der Waals surface area (Å²) in [5, 5.41) is 26.8. The number of nitrogens with one attached hydrogen (secondary N) is 4. The van der Waals surface area contributed by atoms with Crippen LogP contribution in [0.4, 0.5) is 39.8 Å². The Balaban J connectivity index is 0.000000182. The fourth-order valence-electron chi connectivity index (χ4n) is 19.2. The molecule has 11 aliphatic rings. The second kappa shape index (κ2) is 56.0. The average Bonchev–Trinajstić information content (AvgIpc) is 1.49. The first-order valence-corrected chi connectivity index (χ1v) is 50.1. The van der Waals surface area contributed by atoms with E-state index in [0.29, 0.717) is 23.3 Å². The Hall–Kier alpha value is -6.06. The van der Waals surface area contributed by atoms with Gasteiger partial charge < -0.3 is 65.9 Å². The number of piperidine rings is 5. The van der Waals surface area contributed by atoms with Crippen LogP contribution >= 0.6 is 99.2 Å². The number of nitrogens with two attached hydrogens (primary N) is 1. The largest absolute Gasteiger partial charge is 0.399 e. The highest BCUT2D eigenvalue weighted by Crippen LogP contribution is 2.38. The van der Waals surface area contributed by atoms with Gasteiger partial charge in [-0.25, -0.2) is 0 Å². The summed E-state index contributed by atoms with van der Waals surface area (Å²) in [6.07, 6.45) is 36.5. The summed E-state index contributed by atoms with van der Waals surface area (Å²) in [7, 11) is 11.0. The number of Topliss-reactive ketones (excluding diaryl/α,β-unsaturated/α-hetero) is 1. The van der Waals surface area contributed by atoms with Crippen LogP contribution in [0.5, 0.6) is 0 Å². The van der Waals surface area contributed by atoms with Crippen LogP contribution in [0, 0.1) is 10.8 Å². The third kappa shape index (κ3) is 32.7. The Kier molecular flexibility index (Phi) is 46.8. The van der Waals surface area contributed by atoms with E-state index in [1.807, 2.05) is 55.1 Å². The lowest BCUT2D eigenvalue weighted by molar-refractivity contribution is -0.121. The van der Waals surface area contributed by atoms with E-state index in [9.17, 15) is 9.59 Å². The van der Waals surface area contributed by atoms with Gasteiger partial charge in [-0.2, -0.15) is 0 Å². The van der Waals surface area contributed by atoms with Gasteiger partial charge in [0.25, 0.3) is 0 Å². The number of nitrogen functional groups attached to an aromatic ring is 1. The average molecular weight is 1990 g/mol. The van der Waals surface area contributed by atoms with Crippen molar-refractivity contribution >= 4 is 161 Å². The molecule has 19 rings (SSSR count). The number of aryl methyl sites for hydroxylation is 6. The van der Waals surface area contributed by atoms with Crippen molar-refractivity contribution in [1.82, 2.24) is 24.5 Å². The first-order valence-electron chi connectivity index (χ1n) is 46.3. The van der Waals surface area contributed by atoms with Crippen LogP contribution in [0.1, 0.15) is 197 Å². The number of halogens is 4. The number of hydrogen-bond acceptors (Lipinski definition) is 18. The zero-order chi connectivity index (χ0) is 85.4. The zero-order valence-corrected chi connectivity index (χ0v) is 83.8. The minimum atomic E-state index is 0. The third-order valence-corrected chi connectivity index (χ3v) is 29.5. The van der Waals surface area contributed by atoms with Gasteiger partial charge in [0.2, 0.25) is 5.91 Å². The molecule has 5 fully saturated rings. The van der Waals surface area contributed by atoms with Gasteiger partial charge in [0, 0.05) is 145 Å². The highest BCUT2D eigenvalue weighted by atomic mass is 127. The van der Waals surface area contributed by atoms with Crippen molar-refractivity contribution in [2.24, 2.45) is 0 Å². The number of fused-ring (bicyclic) bond motifs is 6. The molecule has 5 saturated heterocycles. The predicted octanol–water partition coefficient (Wildman–Crippen LogP) is 22.9. The van der Waals surface area contributed by atoms with E-state index in [4.69, 9.17) is 16.6 Å². The highest BCUT2D eigenvalue weighted by molar-refractivity contribution is 14.0. The number of para-hydroxylation sites is 3. The van der Waals surface area contributed by atoms with E-state index in [1.54, 1.807) is 28.2 Å². The molecule has 2 aromatic heterocycles. The summed E-state index contributed by atoms with van der Waals surface area (Å²) >= 11 is 8.37. The quantitative estimate of drug-likeness (QED) is 0.0423. The van der Waals surface area contributed by atoms with E-state index in [-0.39, 0.29) is 62.1 Å². The van der Waals surface area contributed by atoms with Gasteiger partial charge in [-0.05, 0) is 377 Å². The lowest BCUT2D eigenvalue weighted by Crippen LogP contribution is -2.44. The first-order chi connectivity index (χ1) is 59.5. The number of hydrogen-bond donors (Lipinski definition) is 5. The molecule has 126 heavy (non-hydrogen) atoms. The summed E-state index contributed by atoms with van der Waals surface area (Å²) in [6.45, 7) is 17.8. The van der Waals surface area contributed by atoms with Crippen LogP contribution < -0.4 is 36.0 Å². The molecular weight excluding hydrogens is 1840 g/mol. The molecule has 23 heteroatoms. The van der Waals surface area contributed by atoms with Crippen molar-refractivity contribution in [2.75, 3.05) is 176 Å². The molecule has 8 aromatic rings. The molecule has 0 atom stereocenters. The molecule has 0 saturated carbocycles. The molecule has 6 N–H and O–H groups in total. The van der Waals surface area contributed by atoms with E-state index >= 15 is 0 Å². The van der Waals surface area contributed by atoms with Crippen molar-refractivity contribution in [1.29, 1.82) is 10.8 Å². The molecule has 6 aromatic carbocycles. The number of thioether (sulfide) groups is 1. The van der Waals surface area contributed by atoms with Crippen LogP contribution in [-0.2, 0) is 54.5 Å². The monoisotopic (exact) mass is 1990 g/mol. The number of anilines is 7. The molecule has 11 aliphatic heterocycles. The van der Waals surface area contributed by atoms with E-state index in [0.717, 1.165) is 96.7 Å². The lowest BCUT2D eigenvalue weighted by Gasteiger charge is -2.39. The number of amides is 1. The van der Waals surface area contributed by atoms with Crippen LogP contribution in [0.3, 0.4) is 0 Å². The van der Waals surface area contributed by atoms with Crippen molar-refractivity contribution in [2.45, 2.75) is 218 Å². The van der Waals surface area contributed by atoms with Crippen molar-refractivity contribution < 1.29 is 9.59 Å². The normalized spacial score (nSPS) is 19.0. The number of benzene rings is 6. The van der Waals surface area contributed by atoms with Crippen molar-refractivity contribution in [3.63, 3.8) is 0 Å². The Bertz CT molecular complexity index is 4390. The van der Waals surface area contributed by atoms with Crippen molar-refractivity contribution in [3.05, 3.63) is 216 Å². The van der Waals surface area contributed by atoms with Gasteiger partial charge in [0.05, 0.1) is 10.6 Å². The summed E-state index contributed by atoms with van der Waals surface area (Å²) in [5.41, 5.74) is 25.9. The van der Waals surface area contributed by atoms with Crippen molar-refractivity contribution in [3.8, 4) is 0 Å². The van der Waals surface area contributed by atoms with E-state index in [2.05, 4.69) is 219 Å². The van der Waals surface area contributed by atoms with Gasteiger partial charge >= 0.3 is 0 Å². The Labute approximate surface area is 808 Å². The molecule has 0 aliphatic carbocycles. The number of carbonyl (C=O) groups is 2. The first kappa shape index (κ1) is 105. The topological polar surface area (TPSA) is 161 Å². The van der Waals surface area contributed by atoms with Crippen LogP contribution in [0.15, 0.2) is 167 Å². The molecule has 1 amide bonds. The number of carbonyl (C=O) groups excluding carboxylic acids is 2. The minimum absolute atomic E-state index is 0. The maximum Gasteiger partial charge on any atom is 0.224 e. The lowest BCUT2D eigenvalue weighted by atomic mass is 9.98. The number of likely N-dealkylation sites (tertiary alicyclic amines) is 5. The Morgan fingerprint density at radius 1 is 0.413 bits per heavy atom. The van der Waals surface area contributed by atoms with Crippen LogP contribution in [-0.4, -0.2) is 211 Å². The summed E-state index contributed by atoms with van der Waals surface area (Å²) < 4.78 is 1.22. The highest BCUT2D eigenvalue weighted by Gasteiger charge is 2.31. The van der Waals surface area contributed by atoms with Crippen LogP contribution in [0.25, 0.3) is 0 Å². The Morgan fingerprint density at radius 3 is 1.29 bits per heavy atom.